The molecule has 2 aromatic heterocycles. The van der Waals surface area contributed by atoms with E-state index in [1.54, 1.807) is 53.4 Å². The number of nitrogens with zero attached hydrogens (tertiary/aromatic N) is 6. The van der Waals surface area contributed by atoms with E-state index in [0.29, 0.717) is 53.2 Å². The number of benzene rings is 3. The van der Waals surface area contributed by atoms with Gasteiger partial charge in [0.1, 0.15) is 17.6 Å². The van der Waals surface area contributed by atoms with Crippen LogP contribution in [0.1, 0.15) is 40.5 Å². The molecule has 0 radical (unpaired) electrons. The molecule has 1 aliphatic rings. The summed E-state index contributed by atoms with van der Waals surface area (Å²) >= 11 is 1.19. The van der Waals surface area contributed by atoms with Gasteiger partial charge >= 0.3 is 6.18 Å². The molecule has 1 fully saturated rings. The zero-order valence-electron chi connectivity index (χ0n) is 23.4. The van der Waals surface area contributed by atoms with E-state index in [1.807, 2.05) is 42.2 Å². The summed E-state index contributed by atoms with van der Waals surface area (Å²) in [5.74, 6) is 1.49. The summed E-state index contributed by atoms with van der Waals surface area (Å²) in [4.78, 5) is 21.7. The number of alkyl halides is 3. The maximum atomic E-state index is 13.3. The number of aromatic nitrogens is 4. The largest absolute Gasteiger partial charge is 0.457 e. The summed E-state index contributed by atoms with van der Waals surface area (Å²) in [6.45, 7) is 3.43. The SMILES string of the molecule is CC1CN(c2nc(C(O)c3ccc(Oc4ccccc4)cc3)ns2)CCN1C(=O)c1ccc(-n2ccc(C(F)(F)F)n2)cc1. The molecule has 2 unspecified atom stereocenters. The zero-order chi connectivity index (χ0) is 30.8. The minimum atomic E-state index is -4.53. The van der Waals surface area contributed by atoms with Gasteiger partial charge in [-0.15, -0.1) is 0 Å². The first-order valence-electron chi connectivity index (χ1n) is 13.8. The van der Waals surface area contributed by atoms with Gasteiger partial charge < -0.3 is 19.6 Å². The molecule has 6 rings (SSSR count). The van der Waals surface area contributed by atoms with Crippen LogP contribution >= 0.6 is 11.5 Å². The average Bonchev–Trinajstić information content (AvgIpc) is 3.73. The number of carbonyl (C=O) groups excluding carboxylic acids is 1. The minimum Gasteiger partial charge on any atom is -0.457 e. The monoisotopic (exact) mass is 620 g/mol. The Morgan fingerprint density at radius 1 is 0.977 bits per heavy atom. The molecule has 1 saturated heterocycles. The molecule has 9 nitrogen and oxygen atoms in total. The second-order valence-electron chi connectivity index (χ2n) is 10.3. The fourth-order valence-corrected chi connectivity index (χ4v) is 5.66. The number of para-hydroxylation sites is 1. The van der Waals surface area contributed by atoms with Crippen molar-refractivity contribution >= 4 is 22.6 Å². The van der Waals surface area contributed by atoms with Crippen molar-refractivity contribution in [3.8, 4) is 17.2 Å². The molecule has 1 amide bonds. The average molecular weight is 621 g/mol. The molecule has 44 heavy (non-hydrogen) atoms. The van der Waals surface area contributed by atoms with E-state index >= 15 is 0 Å². The van der Waals surface area contributed by atoms with E-state index in [1.165, 1.54) is 17.7 Å². The number of piperazine rings is 1. The Labute approximate surface area is 254 Å². The second-order valence-corrected chi connectivity index (χ2v) is 11.0. The topological polar surface area (TPSA) is 96.6 Å². The van der Waals surface area contributed by atoms with E-state index in [4.69, 9.17) is 4.74 Å². The fourth-order valence-electron chi connectivity index (χ4n) is 4.93. The molecule has 1 aliphatic heterocycles. The van der Waals surface area contributed by atoms with Crippen LogP contribution < -0.4 is 9.64 Å². The first-order valence-corrected chi connectivity index (χ1v) is 14.6. The van der Waals surface area contributed by atoms with Crippen molar-refractivity contribution in [3.05, 3.63) is 114 Å². The molecule has 0 aliphatic carbocycles. The number of carbonyl (C=O) groups is 1. The van der Waals surface area contributed by atoms with E-state index in [-0.39, 0.29) is 11.9 Å². The molecule has 1 N–H and O–H groups in total. The van der Waals surface area contributed by atoms with Crippen molar-refractivity contribution in [2.75, 3.05) is 24.5 Å². The van der Waals surface area contributed by atoms with Crippen LogP contribution in [-0.4, -0.2) is 60.7 Å². The lowest BCUT2D eigenvalue weighted by atomic mass is 10.1. The number of hydrogen-bond donors (Lipinski definition) is 1. The molecular weight excluding hydrogens is 593 g/mol. The first kappa shape index (κ1) is 29.3. The van der Waals surface area contributed by atoms with Gasteiger partial charge in [0, 0.05) is 49.0 Å². The van der Waals surface area contributed by atoms with Gasteiger partial charge in [0.25, 0.3) is 5.91 Å². The number of aliphatic hydroxyl groups is 1. The van der Waals surface area contributed by atoms with Crippen LogP contribution in [0.3, 0.4) is 0 Å². The standard InChI is InChI=1S/C31H27F3N6O3S/c1-20-19-38(17-18-39(20)29(42)22-7-11-23(12-8-22)40-16-15-26(36-40)31(32,33)34)30-35-28(37-44-30)27(41)21-9-13-25(14-10-21)43-24-5-3-2-4-6-24/h2-16,20,27,41H,17-19H2,1H3. The molecule has 0 spiro atoms. The first-order chi connectivity index (χ1) is 21.2. The number of rotatable bonds is 7. The predicted molar refractivity (Wildman–Crippen MR) is 158 cm³/mol. The van der Waals surface area contributed by atoms with Gasteiger partial charge in [-0.25, -0.2) is 9.67 Å². The smallest absolute Gasteiger partial charge is 0.435 e. The Morgan fingerprint density at radius 2 is 1.68 bits per heavy atom. The fraction of sp³-hybridized carbons (Fsp3) is 0.226. The lowest BCUT2D eigenvalue weighted by Gasteiger charge is -2.39. The van der Waals surface area contributed by atoms with Crippen LogP contribution in [0.5, 0.6) is 11.5 Å². The molecule has 0 saturated carbocycles. The summed E-state index contributed by atoms with van der Waals surface area (Å²) in [5.41, 5.74) is 0.502. The Bertz CT molecular complexity index is 1730. The molecule has 2 atom stereocenters. The normalized spacial score (nSPS) is 16.2. The van der Waals surface area contributed by atoms with E-state index < -0.39 is 18.0 Å². The molecule has 3 heterocycles. The van der Waals surface area contributed by atoms with Crippen molar-refractivity contribution in [3.63, 3.8) is 0 Å². The molecule has 5 aromatic rings. The Morgan fingerprint density at radius 3 is 2.34 bits per heavy atom. The molecule has 13 heteroatoms. The predicted octanol–water partition coefficient (Wildman–Crippen LogP) is 5.97. The van der Waals surface area contributed by atoms with Gasteiger partial charge in [-0.05, 0) is 67.1 Å². The zero-order valence-corrected chi connectivity index (χ0v) is 24.2. The lowest BCUT2D eigenvalue weighted by Crippen LogP contribution is -2.54. The lowest BCUT2D eigenvalue weighted by molar-refractivity contribution is -0.141. The summed E-state index contributed by atoms with van der Waals surface area (Å²) in [5, 5.41) is 15.1. The Hall–Kier alpha value is -4.75. The van der Waals surface area contributed by atoms with Crippen molar-refractivity contribution in [1.82, 2.24) is 24.0 Å². The van der Waals surface area contributed by atoms with Gasteiger partial charge in [0.2, 0.25) is 5.13 Å². The van der Waals surface area contributed by atoms with E-state index in [0.717, 1.165) is 16.5 Å². The molecular formula is C31H27F3N6O3S. The second kappa shape index (κ2) is 12.1. The van der Waals surface area contributed by atoms with Crippen molar-refractivity contribution in [2.24, 2.45) is 0 Å². The number of anilines is 1. The highest BCUT2D eigenvalue weighted by atomic mass is 32.1. The van der Waals surface area contributed by atoms with Gasteiger partial charge in [-0.1, -0.05) is 30.3 Å². The van der Waals surface area contributed by atoms with Crippen LogP contribution in [0, 0.1) is 0 Å². The third kappa shape index (κ3) is 6.29. The van der Waals surface area contributed by atoms with Crippen LogP contribution in [-0.2, 0) is 6.18 Å². The van der Waals surface area contributed by atoms with Crippen LogP contribution in [0.4, 0.5) is 18.3 Å². The third-order valence-corrected chi connectivity index (χ3v) is 8.06. The highest BCUT2D eigenvalue weighted by Gasteiger charge is 2.34. The molecule has 0 bridgehead atoms. The highest BCUT2D eigenvalue weighted by molar-refractivity contribution is 7.09. The summed E-state index contributed by atoms with van der Waals surface area (Å²) in [6.07, 6.45) is -4.30. The quantitative estimate of drug-likeness (QED) is 0.240. The summed E-state index contributed by atoms with van der Waals surface area (Å²) < 4.78 is 50.0. The van der Waals surface area contributed by atoms with Crippen LogP contribution in [0.25, 0.3) is 5.69 Å². The maximum Gasteiger partial charge on any atom is 0.435 e. The summed E-state index contributed by atoms with van der Waals surface area (Å²) in [6, 6.07) is 23.6. The van der Waals surface area contributed by atoms with E-state index in [2.05, 4.69) is 14.5 Å². The van der Waals surface area contributed by atoms with Gasteiger partial charge in [0.15, 0.2) is 11.5 Å². The number of ether oxygens (including phenoxy) is 1. The molecule has 226 valence electrons. The van der Waals surface area contributed by atoms with Crippen molar-refractivity contribution < 1.29 is 27.8 Å². The maximum absolute atomic E-state index is 13.3. The van der Waals surface area contributed by atoms with Crippen molar-refractivity contribution in [1.29, 1.82) is 0 Å². The number of halogens is 3. The highest BCUT2D eigenvalue weighted by Crippen LogP contribution is 2.30. The van der Waals surface area contributed by atoms with Gasteiger partial charge in [-0.2, -0.15) is 22.6 Å². The van der Waals surface area contributed by atoms with Gasteiger partial charge in [0.05, 0.1) is 5.69 Å². The molecule has 3 aromatic carbocycles. The van der Waals surface area contributed by atoms with Crippen molar-refractivity contribution in [2.45, 2.75) is 25.2 Å². The van der Waals surface area contributed by atoms with Crippen LogP contribution in [0.15, 0.2) is 91.1 Å². The number of amides is 1. The Kier molecular flexibility index (Phi) is 8.06. The number of aliphatic hydroxyl groups excluding tert-OH is 1. The van der Waals surface area contributed by atoms with Gasteiger partial charge in [-0.3, -0.25) is 4.79 Å². The van der Waals surface area contributed by atoms with Crippen LogP contribution in [0.2, 0.25) is 0 Å². The Balaban J connectivity index is 1.06. The summed E-state index contributed by atoms with van der Waals surface area (Å²) in [7, 11) is 0. The third-order valence-electron chi connectivity index (χ3n) is 7.27. The number of hydrogen-bond acceptors (Lipinski definition) is 8. The van der Waals surface area contributed by atoms with E-state index in [9.17, 15) is 23.1 Å². The minimum absolute atomic E-state index is 0.147.